The lowest BCUT2D eigenvalue weighted by molar-refractivity contribution is 0.0730. The maximum absolute atomic E-state index is 12.7. The number of rotatable bonds is 4. The van der Waals surface area contributed by atoms with Crippen LogP contribution < -0.4 is 4.74 Å². The molecule has 0 aliphatic rings. The highest BCUT2D eigenvalue weighted by Crippen LogP contribution is 2.19. The van der Waals surface area contributed by atoms with E-state index in [1.54, 1.807) is 72.8 Å². The van der Waals surface area contributed by atoms with Gasteiger partial charge in [-0.2, -0.15) is 0 Å². The number of hydrogen-bond acceptors (Lipinski definition) is 3. The second kappa shape index (κ2) is 7.11. The van der Waals surface area contributed by atoms with Crippen LogP contribution in [0.1, 0.15) is 26.3 Å². The number of carbonyl (C=O) groups is 2. The zero-order chi connectivity index (χ0) is 16.9. The molecule has 0 atom stereocenters. The standard InChI is InChI=1S/C20H13ClO3/c21-15-12-10-14(11-13-15)19(22)17-8-4-5-9-18(17)20(23)24-16-6-2-1-3-7-16/h1-13H. The van der Waals surface area contributed by atoms with Crippen molar-refractivity contribution in [1.29, 1.82) is 0 Å². The Balaban J connectivity index is 1.91. The summed E-state index contributed by atoms with van der Waals surface area (Å²) < 4.78 is 5.33. The molecule has 3 aromatic carbocycles. The minimum atomic E-state index is -0.570. The van der Waals surface area contributed by atoms with Crippen LogP contribution in [0.5, 0.6) is 5.75 Å². The second-order valence-corrected chi connectivity index (χ2v) is 5.52. The van der Waals surface area contributed by atoms with E-state index in [2.05, 4.69) is 0 Å². The lowest BCUT2D eigenvalue weighted by atomic mass is 9.98. The monoisotopic (exact) mass is 336 g/mol. The summed E-state index contributed by atoms with van der Waals surface area (Å²) in [7, 11) is 0. The molecule has 0 radical (unpaired) electrons. The lowest BCUT2D eigenvalue weighted by Gasteiger charge is -2.09. The number of ketones is 1. The molecule has 0 saturated carbocycles. The number of hydrogen-bond donors (Lipinski definition) is 0. The predicted octanol–water partition coefficient (Wildman–Crippen LogP) is 4.79. The van der Waals surface area contributed by atoms with Crippen molar-refractivity contribution in [3.8, 4) is 5.75 Å². The number of benzene rings is 3. The SMILES string of the molecule is O=C(Oc1ccccc1)c1ccccc1C(=O)c1ccc(Cl)cc1. The van der Waals surface area contributed by atoms with E-state index in [-0.39, 0.29) is 11.3 Å². The summed E-state index contributed by atoms with van der Waals surface area (Å²) in [5.74, 6) is -0.400. The minimum absolute atomic E-state index is 0.223. The summed E-state index contributed by atoms with van der Waals surface area (Å²) in [5.41, 5.74) is 0.974. The molecule has 3 nitrogen and oxygen atoms in total. The van der Waals surface area contributed by atoms with E-state index >= 15 is 0 Å². The average Bonchev–Trinajstić information content (AvgIpc) is 2.62. The average molecular weight is 337 g/mol. The van der Waals surface area contributed by atoms with Crippen molar-refractivity contribution in [3.05, 3.63) is 101 Å². The first-order valence-electron chi connectivity index (χ1n) is 7.31. The Labute approximate surface area is 144 Å². The summed E-state index contributed by atoms with van der Waals surface area (Å²) in [6.07, 6.45) is 0. The Morgan fingerprint density at radius 3 is 1.96 bits per heavy atom. The molecule has 3 aromatic rings. The third kappa shape index (κ3) is 3.53. The third-order valence-corrected chi connectivity index (χ3v) is 3.70. The van der Waals surface area contributed by atoms with E-state index in [9.17, 15) is 9.59 Å². The molecule has 0 aliphatic carbocycles. The first kappa shape index (κ1) is 16.0. The van der Waals surface area contributed by atoms with Gasteiger partial charge in [0.05, 0.1) is 5.56 Å². The van der Waals surface area contributed by atoms with E-state index in [0.717, 1.165) is 0 Å². The van der Waals surface area contributed by atoms with Gasteiger partial charge < -0.3 is 4.74 Å². The van der Waals surface area contributed by atoms with E-state index in [1.807, 2.05) is 6.07 Å². The molecule has 4 heteroatoms. The van der Waals surface area contributed by atoms with Gasteiger partial charge in [-0.3, -0.25) is 4.79 Å². The van der Waals surface area contributed by atoms with Crippen LogP contribution >= 0.6 is 11.6 Å². The number of carbonyl (C=O) groups excluding carboxylic acids is 2. The largest absolute Gasteiger partial charge is 0.423 e. The van der Waals surface area contributed by atoms with E-state index < -0.39 is 5.97 Å². The van der Waals surface area contributed by atoms with Crippen LogP contribution in [0, 0.1) is 0 Å². The molecule has 0 bridgehead atoms. The lowest BCUT2D eigenvalue weighted by Crippen LogP contribution is -2.14. The van der Waals surface area contributed by atoms with Gasteiger partial charge in [-0.05, 0) is 42.5 Å². The van der Waals surface area contributed by atoms with Gasteiger partial charge in [0, 0.05) is 16.1 Å². The van der Waals surface area contributed by atoms with Gasteiger partial charge in [-0.15, -0.1) is 0 Å². The molecule has 0 saturated heterocycles. The fourth-order valence-electron chi connectivity index (χ4n) is 2.27. The van der Waals surface area contributed by atoms with Gasteiger partial charge >= 0.3 is 5.97 Å². The fraction of sp³-hybridized carbons (Fsp3) is 0. The third-order valence-electron chi connectivity index (χ3n) is 3.45. The highest BCUT2D eigenvalue weighted by molar-refractivity contribution is 6.30. The molecule has 24 heavy (non-hydrogen) atoms. The van der Waals surface area contributed by atoms with Crippen molar-refractivity contribution in [1.82, 2.24) is 0 Å². The normalized spacial score (nSPS) is 10.2. The molecule has 0 heterocycles. The molecule has 0 amide bonds. The maximum atomic E-state index is 12.7. The van der Waals surface area contributed by atoms with Crippen LogP contribution in [-0.4, -0.2) is 11.8 Å². The van der Waals surface area contributed by atoms with Gasteiger partial charge in [0.1, 0.15) is 5.75 Å². The number of ether oxygens (including phenoxy) is 1. The predicted molar refractivity (Wildman–Crippen MR) is 92.7 cm³/mol. The molecule has 0 spiro atoms. The molecule has 0 unspecified atom stereocenters. The van der Waals surface area contributed by atoms with Gasteiger partial charge in [-0.25, -0.2) is 4.79 Å². The Kier molecular flexibility index (Phi) is 4.73. The molecule has 3 rings (SSSR count). The van der Waals surface area contributed by atoms with Crippen LogP contribution in [0.15, 0.2) is 78.9 Å². The van der Waals surface area contributed by atoms with Gasteiger partial charge in [-0.1, -0.05) is 48.0 Å². The Bertz CT molecular complexity index is 871. The molecule has 118 valence electrons. The second-order valence-electron chi connectivity index (χ2n) is 5.08. The first-order chi connectivity index (χ1) is 11.6. The number of para-hydroxylation sites is 1. The zero-order valence-corrected chi connectivity index (χ0v) is 13.4. The highest BCUT2D eigenvalue weighted by Gasteiger charge is 2.19. The quantitative estimate of drug-likeness (QED) is 0.391. The molecule has 0 aromatic heterocycles. The first-order valence-corrected chi connectivity index (χ1v) is 7.69. The Morgan fingerprint density at radius 1 is 0.708 bits per heavy atom. The van der Waals surface area contributed by atoms with Gasteiger partial charge in [0.25, 0.3) is 0 Å². The summed E-state index contributed by atoms with van der Waals surface area (Å²) >= 11 is 5.85. The van der Waals surface area contributed by atoms with Crippen molar-refractivity contribution in [2.75, 3.05) is 0 Å². The minimum Gasteiger partial charge on any atom is -0.423 e. The topological polar surface area (TPSA) is 43.4 Å². The summed E-state index contributed by atoms with van der Waals surface area (Å²) in [6.45, 7) is 0. The Hall–Kier alpha value is -2.91. The molecular formula is C20H13ClO3. The summed E-state index contributed by atoms with van der Waals surface area (Å²) in [6, 6.07) is 21.9. The van der Waals surface area contributed by atoms with Crippen molar-refractivity contribution in [2.45, 2.75) is 0 Å². The van der Waals surface area contributed by atoms with Crippen LogP contribution in [0.25, 0.3) is 0 Å². The maximum Gasteiger partial charge on any atom is 0.344 e. The van der Waals surface area contributed by atoms with Crippen molar-refractivity contribution < 1.29 is 14.3 Å². The summed E-state index contributed by atoms with van der Waals surface area (Å²) in [5, 5.41) is 0.545. The van der Waals surface area contributed by atoms with Crippen molar-refractivity contribution >= 4 is 23.4 Å². The van der Waals surface area contributed by atoms with Crippen LogP contribution in [0.2, 0.25) is 5.02 Å². The van der Waals surface area contributed by atoms with E-state index in [4.69, 9.17) is 16.3 Å². The smallest absolute Gasteiger partial charge is 0.344 e. The zero-order valence-electron chi connectivity index (χ0n) is 12.6. The van der Waals surface area contributed by atoms with Crippen molar-refractivity contribution in [2.24, 2.45) is 0 Å². The Morgan fingerprint density at radius 2 is 1.29 bits per heavy atom. The molecule has 0 fully saturated rings. The van der Waals surface area contributed by atoms with E-state index in [0.29, 0.717) is 21.9 Å². The fourth-order valence-corrected chi connectivity index (χ4v) is 2.39. The van der Waals surface area contributed by atoms with Crippen LogP contribution in [0.4, 0.5) is 0 Å². The van der Waals surface area contributed by atoms with Gasteiger partial charge in [0.2, 0.25) is 0 Å². The molecular weight excluding hydrogens is 324 g/mol. The highest BCUT2D eigenvalue weighted by atomic mass is 35.5. The number of halogens is 1. The van der Waals surface area contributed by atoms with E-state index in [1.165, 1.54) is 0 Å². The molecule has 0 N–H and O–H groups in total. The molecule has 0 aliphatic heterocycles. The van der Waals surface area contributed by atoms with Crippen LogP contribution in [-0.2, 0) is 0 Å². The summed E-state index contributed by atoms with van der Waals surface area (Å²) in [4.78, 5) is 25.1. The van der Waals surface area contributed by atoms with Crippen LogP contribution in [0.3, 0.4) is 0 Å². The number of esters is 1. The van der Waals surface area contributed by atoms with Crippen molar-refractivity contribution in [3.63, 3.8) is 0 Å². The van der Waals surface area contributed by atoms with Gasteiger partial charge in [0.15, 0.2) is 5.78 Å².